The summed E-state index contributed by atoms with van der Waals surface area (Å²) in [7, 11) is -3.82. The van der Waals surface area contributed by atoms with Crippen LogP contribution in [0.25, 0.3) is 0 Å². The van der Waals surface area contributed by atoms with E-state index in [2.05, 4.69) is 5.32 Å². The average molecular weight is 311 g/mol. The van der Waals surface area contributed by atoms with Gasteiger partial charge in [0.05, 0.1) is 15.6 Å². The summed E-state index contributed by atoms with van der Waals surface area (Å²) in [6.45, 7) is 0. The molecule has 0 aliphatic heterocycles. The number of nitrogens with two attached hydrogens (primary N) is 1. The fourth-order valence-corrected chi connectivity index (χ4v) is 2.39. The molecule has 0 heterocycles. The lowest BCUT2D eigenvalue weighted by atomic mass is 10.2. The van der Waals surface area contributed by atoms with Crippen molar-refractivity contribution >= 4 is 33.2 Å². The highest BCUT2D eigenvalue weighted by atomic mass is 35.5. The molecule has 0 spiro atoms. The van der Waals surface area contributed by atoms with Crippen LogP contribution in [0.15, 0.2) is 53.4 Å². The molecule has 0 aliphatic carbocycles. The average Bonchev–Trinajstić information content (AvgIpc) is 2.41. The molecule has 104 valence electrons. The first kappa shape index (κ1) is 14.5. The van der Waals surface area contributed by atoms with Crippen molar-refractivity contribution in [2.45, 2.75) is 4.90 Å². The number of sulfonamides is 1. The van der Waals surface area contributed by atoms with Gasteiger partial charge < -0.3 is 5.32 Å². The summed E-state index contributed by atoms with van der Waals surface area (Å²) in [5.41, 5.74) is 0.784. The summed E-state index contributed by atoms with van der Waals surface area (Å²) in [6, 6.07) is 12.4. The van der Waals surface area contributed by atoms with Gasteiger partial charge in [-0.05, 0) is 30.3 Å². The van der Waals surface area contributed by atoms with E-state index in [1.54, 1.807) is 30.3 Å². The van der Waals surface area contributed by atoms with E-state index in [0.29, 0.717) is 11.3 Å². The van der Waals surface area contributed by atoms with Crippen molar-refractivity contribution in [1.29, 1.82) is 0 Å². The standard InChI is InChI=1S/C13H11ClN2O3S/c14-11-8-10(20(15,18)19)6-7-12(11)16-13(17)9-4-2-1-3-5-9/h1-8H,(H,16,17)(H2,15,18,19). The number of carbonyl (C=O) groups is 1. The van der Waals surface area contributed by atoms with Gasteiger partial charge in [-0.3, -0.25) is 4.79 Å². The van der Waals surface area contributed by atoms with Crippen LogP contribution in [0.1, 0.15) is 10.4 Å². The molecule has 7 heteroatoms. The summed E-state index contributed by atoms with van der Waals surface area (Å²) < 4.78 is 22.3. The van der Waals surface area contributed by atoms with Crippen molar-refractivity contribution in [3.63, 3.8) is 0 Å². The fraction of sp³-hybridized carbons (Fsp3) is 0. The van der Waals surface area contributed by atoms with Gasteiger partial charge in [-0.25, -0.2) is 13.6 Å². The Morgan fingerprint density at radius 2 is 1.75 bits per heavy atom. The van der Waals surface area contributed by atoms with Crippen LogP contribution in [-0.2, 0) is 10.0 Å². The molecule has 2 rings (SSSR count). The maximum atomic E-state index is 11.9. The number of anilines is 1. The molecule has 0 fully saturated rings. The molecule has 0 radical (unpaired) electrons. The van der Waals surface area contributed by atoms with Gasteiger partial charge in [0, 0.05) is 5.56 Å². The van der Waals surface area contributed by atoms with Crippen LogP contribution in [0.4, 0.5) is 5.69 Å². The van der Waals surface area contributed by atoms with E-state index < -0.39 is 10.0 Å². The monoisotopic (exact) mass is 310 g/mol. The molecule has 0 saturated heterocycles. The topological polar surface area (TPSA) is 89.3 Å². The Balaban J connectivity index is 2.25. The maximum Gasteiger partial charge on any atom is 0.255 e. The first-order valence-electron chi connectivity index (χ1n) is 5.56. The molecule has 0 aromatic heterocycles. The van der Waals surface area contributed by atoms with E-state index in [1.807, 2.05) is 0 Å². The molecule has 0 unspecified atom stereocenters. The molecule has 3 N–H and O–H groups in total. The second kappa shape index (κ2) is 5.62. The molecule has 20 heavy (non-hydrogen) atoms. The fourth-order valence-electron chi connectivity index (χ4n) is 1.56. The highest BCUT2D eigenvalue weighted by Crippen LogP contribution is 2.25. The van der Waals surface area contributed by atoms with E-state index in [4.69, 9.17) is 16.7 Å². The van der Waals surface area contributed by atoms with Crippen LogP contribution in [-0.4, -0.2) is 14.3 Å². The second-order valence-corrected chi connectivity index (χ2v) is 5.98. The minimum absolute atomic E-state index is 0.0980. The SMILES string of the molecule is NS(=O)(=O)c1ccc(NC(=O)c2ccccc2)c(Cl)c1. The third-order valence-corrected chi connectivity index (χ3v) is 3.78. The highest BCUT2D eigenvalue weighted by Gasteiger charge is 2.12. The van der Waals surface area contributed by atoms with Gasteiger partial charge in [0.25, 0.3) is 5.91 Å². The van der Waals surface area contributed by atoms with Crippen LogP contribution >= 0.6 is 11.6 Å². The lowest BCUT2D eigenvalue weighted by Gasteiger charge is -2.08. The number of amides is 1. The number of primary sulfonamides is 1. The van der Waals surface area contributed by atoms with E-state index in [-0.39, 0.29) is 15.8 Å². The highest BCUT2D eigenvalue weighted by molar-refractivity contribution is 7.89. The second-order valence-electron chi connectivity index (χ2n) is 4.01. The van der Waals surface area contributed by atoms with Crippen molar-refractivity contribution in [2.24, 2.45) is 5.14 Å². The summed E-state index contributed by atoms with van der Waals surface area (Å²) >= 11 is 5.93. The summed E-state index contributed by atoms with van der Waals surface area (Å²) in [6.07, 6.45) is 0. The molecule has 0 aliphatic rings. The quantitative estimate of drug-likeness (QED) is 0.911. The van der Waals surface area contributed by atoms with Gasteiger partial charge >= 0.3 is 0 Å². The summed E-state index contributed by atoms with van der Waals surface area (Å²) in [5.74, 6) is -0.337. The smallest absolute Gasteiger partial charge is 0.255 e. The molecular formula is C13H11ClN2O3S. The summed E-state index contributed by atoms with van der Waals surface area (Å²) in [4.78, 5) is 11.8. The third-order valence-electron chi connectivity index (χ3n) is 2.55. The number of hydrogen-bond acceptors (Lipinski definition) is 3. The Bertz CT molecular complexity index is 745. The van der Waals surface area contributed by atoms with Gasteiger partial charge in [-0.1, -0.05) is 29.8 Å². The van der Waals surface area contributed by atoms with Crippen LogP contribution in [0.5, 0.6) is 0 Å². The Kier molecular flexibility index (Phi) is 4.08. The van der Waals surface area contributed by atoms with Gasteiger partial charge in [0.15, 0.2) is 0 Å². The van der Waals surface area contributed by atoms with Crippen LogP contribution < -0.4 is 10.5 Å². The maximum absolute atomic E-state index is 11.9. The van der Waals surface area contributed by atoms with Crippen LogP contribution in [0, 0.1) is 0 Å². The Hall–Kier alpha value is -1.89. The molecule has 0 atom stereocenters. The molecular weight excluding hydrogens is 300 g/mol. The third kappa shape index (κ3) is 3.36. The zero-order valence-corrected chi connectivity index (χ0v) is 11.8. The van der Waals surface area contributed by atoms with Crippen molar-refractivity contribution in [3.05, 3.63) is 59.1 Å². The normalized spacial score (nSPS) is 11.1. The van der Waals surface area contributed by atoms with Crippen molar-refractivity contribution < 1.29 is 13.2 Å². The van der Waals surface area contributed by atoms with Crippen molar-refractivity contribution in [1.82, 2.24) is 0 Å². The Morgan fingerprint density at radius 1 is 1.10 bits per heavy atom. The van der Waals surface area contributed by atoms with Crippen LogP contribution in [0.3, 0.4) is 0 Å². The first-order chi connectivity index (χ1) is 9.38. The minimum Gasteiger partial charge on any atom is -0.321 e. The van der Waals surface area contributed by atoms with E-state index in [9.17, 15) is 13.2 Å². The molecule has 5 nitrogen and oxygen atoms in total. The number of rotatable bonds is 3. The molecule has 0 saturated carbocycles. The van der Waals surface area contributed by atoms with E-state index >= 15 is 0 Å². The molecule has 1 amide bonds. The van der Waals surface area contributed by atoms with E-state index in [1.165, 1.54) is 18.2 Å². The zero-order valence-electron chi connectivity index (χ0n) is 10.2. The van der Waals surface area contributed by atoms with Crippen molar-refractivity contribution in [2.75, 3.05) is 5.32 Å². The number of halogens is 1. The van der Waals surface area contributed by atoms with Gasteiger partial charge in [-0.15, -0.1) is 0 Å². The van der Waals surface area contributed by atoms with Gasteiger partial charge in [0.1, 0.15) is 0 Å². The Morgan fingerprint density at radius 3 is 2.30 bits per heavy atom. The van der Waals surface area contributed by atoms with Crippen LogP contribution in [0.2, 0.25) is 5.02 Å². The largest absolute Gasteiger partial charge is 0.321 e. The number of hydrogen-bond donors (Lipinski definition) is 2. The number of benzene rings is 2. The molecule has 2 aromatic rings. The van der Waals surface area contributed by atoms with E-state index in [0.717, 1.165) is 0 Å². The minimum atomic E-state index is -3.82. The zero-order chi connectivity index (χ0) is 14.8. The summed E-state index contributed by atoms with van der Waals surface area (Å²) in [5, 5.41) is 7.69. The van der Waals surface area contributed by atoms with Gasteiger partial charge in [-0.2, -0.15) is 0 Å². The Labute approximate surface area is 121 Å². The lowest BCUT2D eigenvalue weighted by Crippen LogP contribution is -2.14. The first-order valence-corrected chi connectivity index (χ1v) is 7.49. The number of carbonyl (C=O) groups excluding carboxylic acids is 1. The van der Waals surface area contributed by atoms with Gasteiger partial charge in [0.2, 0.25) is 10.0 Å². The number of nitrogens with one attached hydrogen (secondary N) is 1. The predicted octanol–water partition coefficient (Wildman–Crippen LogP) is 2.24. The predicted molar refractivity (Wildman–Crippen MR) is 77.2 cm³/mol. The van der Waals surface area contributed by atoms with Crippen molar-refractivity contribution in [3.8, 4) is 0 Å². The molecule has 2 aromatic carbocycles. The molecule has 0 bridgehead atoms. The lowest BCUT2D eigenvalue weighted by molar-refractivity contribution is 0.102.